The molecule has 0 saturated carbocycles. The molecule has 1 aromatic carbocycles. The Balaban J connectivity index is 1.99. The zero-order valence-corrected chi connectivity index (χ0v) is 11.8. The molecule has 0 aliphatic heterocycles. The van der Waals surface area contributed by atoms with E-state index >= 15 is 0 Å². The predicted octanol–water partition coefficient (Wildman–Crippen LogP) is 2.39. The average Bonchev–Trinajstić information content (AvgIpc) is 2.87. The summed E-state index contributed by atoms with van der Waals surface area (Å²) in [5.41, 5.74) is 2.63. The number of benzene rings is 1. The molecule has 0 spiro atoms. The molecule has 0 unspecified atom stereocenters. The number of nitrogens with zero attached hydrogens (tertiary/aromatic N) is 3. The van der Waals surface area contributed by atoms with E-state index < -0.39 is 0 Å². The van der Waals surface area contributed by atoms with Crippen molar-refractivity contribution in [1.29, 1.82) is 0 Å². The lowest BCUT2D eigenvalue weighted by atomic mass is 10.1. The maximum Gasteiger partial charge on any atom is 0.141 e. The third-order valence-electron chi connectivity index (χ3n) is 3.17. The van der Waals surface area contributed by atoms with Crippen molar-refractivity contribution in [1.82, 2.24) is 20.1 Å². The molecule has 102 valence electrons. The summed E-state index contributed by atoms with van der Waals surface area (Å²) in [7, 11) is 0. The molecule has 19 heavy (non-hydrogen) atoms. The third-order valence-corrected chi connectivity index (χ3v) is 3.17. The SMILES string of the molecule is CCCNCc1ncnn1Cc1ccc(CC)cc1. The fourth-order valence-corrected chi connectivity index (χ4v) is 1.99. The van der Waals surface area contributed by atoms with Crippen molar-refractivity contribution in [3.63, 3.8) is 0 Å². The summed E-state index contributed by atoms with van der Waals surface area (Å²) in [4.78, 5) is 4.31. The Bertz CT molecular complexity index is 487. The lowest BCUT2D eigenvalue weighted by Crippen LogP contribution is -2.18. The van der Waals surface area contributed by atoms with Crippen LogP contribution in [0, 0.1) is 0 Å². The summed E-state index contributed by atoms with van der Waals surface area (Å²) in [6.45, 7) is 6.91. The minimum absolute atomic E-state index is 0.779. The number of hydrogen-bond donors (Lipinski definition) is 1. The number of aromatic nitrogens is 3. The summed E-state index contributed by atoms with van der Waals surface area (Å²) in [5, 5.41) is 7.66. The molecule has 1 heterocycles. The zero-order valence-electron chi connectivity index (χ0n) is 11.8. The van der Waals surface area contributed by atoms with Crippen LogP contribution >= 0.6 is 0 Å². The van der Waals surface area contributed by atoms with Gasteiger partial charge in [-0.15, -0.1) is 0 Å². The highest BCUT2D eigenvalue weighted by atomic mass is 15.3. The minimum Gasteiger partial charge on any atom is -0.310 e. The van der Waals surface area contributed by atoms with Crippen LogP contribution in [0.4, 0.5) is 0 Å². The van der Waals surface area contributed by atoms with E-state index in [2.05, 4.69) is 53.5 Å². The van der Waals surface area contributed by atoms with E-state index in [-0.39, 0.29) is 0 Å². The second-order valence-corrected chi connectivity index (χ2v) is 4.68. The second-order valence-electron chi connectivity index (χ2n) is 4.68. The van der Waals surface area contributed by atoms with Crippen LogP contribution in [0.1, 0.15) is 37.2 Å². The second kappa shape index (κ2) is 7.04. The molecule has 2 rings (SSSR count). The standard InChI is InChI=1S/C15H22N4/c1-3-9-16-10-15-17-12-18-19(15)11-14-7-5-13(4-2)6-8-14/h5-8,12,16H,3-4,9-11H2,1-2H3. The first kappa shape index (κ1) is 13.7. The molecule has 0 amide bonds. The molecule has 0 bridgehead atoms. The Hall–Kier alpha value is -1.68. The molecule has 4 nitrogen and oxygen atoms in total. The van der Waals surface area contributed by atoms with E-state index in [4.69, 9.17) is 0 Å². The Labute approximate surface area is 114 Å². The highest BCUT2D eigenvalue weighted by Gasteiger charge is 2.04. The van der Waals surface area contributed by atoms with Crippen LogP contribution in [0.3, 0.4) is 0 Å². The molecular weight excluding hydrogens is 236 g/mol. The first-order valence-electron chi connectivity index (χ1n) is 6.98. The van der Waals surface area contributed by atoms with E-state index in [0.717, 1.165) is 38.3 Å². The molecule has 2 aromatic rings. The fraction of sp³-hybridized carbons (Fsp3) is 0.467. The van der Waals surface area contributed by atoms with Gasteiger partial charge in [0.15, 0.2) is 0 Å². The summed E-state index contributed by atoms with van der Waals surface area (Å²) in [5.74, 6) is 0.994. The highest BCUT2D eigenvalue weighted by molar-refractivity contribution is 5.22. The lowest BCUT2D eigenvalue weighted by Gasteiger charge is -2.07. The molecule has 1 aromatic heterocycles. The van der Waals surface area contributed by atoms with Crippen LogP contribution in [0.15, 0.2) is 30.6 Å². The number of rotatable bonds is 7. The quantitative estimate of drug-likeness (QED) is 0.775. The molecule has 0 aliphatic rings. The predicted molar refractivity (Wildman–Crippen MR) is 76.9 cm³/mol. The van der Waals surface area contributed by atoms with Crippen LogP contribution in [0.2, 0.25) is 0 Å². The van der Waals surface area contributed by atoms with Gasteiger partial charge in [-0.1, -0.05) is 38.1 Å². The van der Waals surface area contributed by atoms with Gasteiger partial charge >= 0.3 is 0 Å². The minimum atomic E-state index is 0.779. The Kier molecular flexibility index (Phi) is 5.10. The molecule has 0 saturated heterocycles. The van der Waals surface area contributed by atoms with Gasteiger partial charge in [-0.25, -0.2) is 9.67 Å². The van der Waals surface area contributed by atoms with Crippen molar-refractivity contribution in [2.24, 2.45) is 0 Å². The molecule has 1 N–H and O–H groups in total. The summed E-state index contributed by atoms with van der Waals surface area (Å²) in [6, 6.07) is 8.70. The monoisotopic (exact) mass is 258 g/mol. The van der Waals surface area contributed by atoms with E-state index in [1.165, 1.54) is 11.1 Å². The van der Waals surface area contributed by atoms with Gasteiger partial charge in [0.05, 0.1) is 13.1 Å². The zero-order chi connectivity index (χ0) is 13.5. The molecule has 0 atom stereocenters. The molecule has 4 heteroatoms. The van der Waals surface area contributed by atoms with Crippen LogP contribution < -0.4 is 5.32 Å². The normalized spacial score (nSPS) is 10.8. The van der Waals surface area contributed by atoms with Crippen molar-refractivity contribution in [3.8, 4) is 0 Å². The number of aryl methyl sites for hydroxylation is 1. The van der Waals surface area contributed by atoms with Gasteiger partial charge in [-0.2, -0.15) is 5.10 Å². The molecule has 0 radical (unpaired) electrons. The van der Waals surface area contributed by atoms with Crippen LogP contribution in [0.5, 0.6) is 0 Å². The van der Waals surface area contributed by atoms with E-state index in [1.54, 1.807) is 6.33 Å². The van der Waals surface area contributed by atoms with E-state index in [1.807, 2.05) is 4.68 Å². The maximum atomic E-state index is 4.31. The Morgan fingerprint density at radius 3 is 2.53 bits per heavy atom. The summed E-state index contributed by atoms with van der Waals surface area (Å²) >= 11 is 0. The molecular formula is C15H22N4. The largest absolute Gasteiger partial charge is 0.310 e. The summed E-state index contributed by atoms with van der Waals surface area (Å²) < 4.78 is 1.96. The van der Waals surface area contributed by atoms with Crippen molar-refractivity contribution in [3.05, 3.63) is 47.5 Å². The van der Waals surface area contributed by atoms with Crippen LogP contribution in [-0.2, 0) is 19.5 Å². The van der Waals surface area contributed by atoms with Crippen molar-refractivity contribution >= 4 is 0 Å². The van der Waals surface area contributed by atoms with E-state index in [0.29, 0.717) is 0 Å². The maximum absolute atomic E-state index is 4.31. The van der Waals surface area contributed by atoms with Gasteiger partial charge in [-0.3, -0.25) is 0 Å². The van der Waals surface area contributed by atoms with Crippen LogP contribution in [-0.4, -0.2) is 21.3 Å². The first-order valence-corrected chi connectivity index (χ1v) is 6.98. The van der Waals surface area contributed by atoms with Gasteiger partial charge < -0.3 is 5.32 Å². The Morgan fingerprint density at radius 2 is 1.84 bits per heavy atom. The molecule has 0 aliphatic carbocycles. The van der Waals surface area contributed by atoms with Gasteiger partial charge in [0.1, 0.15) is 12.2 Å². The van der Waals surface area contributed by atoms with Crippen LogP contribution in [0.25, 0.3) is 0 Å². The molecule has 0 fully saturated rings. The van der Waals surface area contributed by atoms with E-state index in [9.17, 15) is 0 Å². The van der Waals surface area contributed by atoms with Crippen molar-refractivity contribution in [2.75, 3.05) is 6.54 Å². The van der Waals surface area contributed by atoms with Gasteiger partial charge in [0, 0.05) is 0 Å². The summed E-state index contributed by atoms with van der Waals surface area (Å²) in [6.07, 6.45) is 3.84. The number of hydrogen-bond acceptors (Lipinski definition) is 3. The van der Waals surface area contributed by atoms with Gasteiger partial charge in [0.2, 0.25) is 0 Å². The highest BCUT2D eigenvalue weighted by Crippen LogP contribution is 2.07. The Morgan fingerprint density at radius 1 is 1.11 bits per heavy atom. The van der Waals surface area contributed by atoms with Crippen molar-refractivity contribution < 1.29 is 0 Å². The first-order chi connectivity index (χ1) is 9.33. The topological polar surface area (TPSA) is 42.7 Å². The van der Waals surface area contributed by atoms with Gasteiger partial charge in [-0.05, 0) is 30.5 Å². The third kappa shape index (κ3) is 3.89. The van der Waals surface area contributed by atoms with Crippen molar-refractivity contribution in [2.45, 2.75) is 39.8 Å². The average molecular weight is 258 g/mol. The smallest absolute Gasteiger partial charge is 0.141 e. The van der Waals surface area contributed by atoms with Gasteiger partial charge in [0.25, 0.3) is 0 Å². The fourth-order valence-electron chi connectivity index (χ4n) is 1.99. The lowest BCUT2D eigenvalue weighted by molar-refractivity contribution is 0.582. The number of nitrogens with one attached hydrogen (secondary N) is 1.